The van der Waals surface area contributed by atoms with Gasteiger partial charge in [-0.05, 0) is 67.1 Å². The molecule has 0 atom stereocenters. The van der Waals surface area contributed by atoms with Crippen molar-refractivity contribution >= 4 is 17.4 Å². The molecule has 1 amide bonds. The van der Waals surface area contributed by atoms with Crippen molar-refractivity contribution in [3.63, 3.8) is 0 Å². The van der Waals surface area contributed by atoms with Gasteiger partial charge in [0.15, 0.2) is 0 Å². The summed E-state index contributed by atoms with van der Waals surface area (Å²) < 4.78 is 5.23. The molecule has 0 radical (unpaired) electrons. The van der Waals surface area contributed by atoms with Crippen molar-refractivity contribution in [2.75, 3.05) is 12.0 Å². The first-order valence-corrected chi connectivity index (χ1v) is 11.6. The van der Waals surface area contributed by atoms with Gasteiger partial charge < -0.3 is 14.9 Å². The van der Waals surface area contributed by atoms with Gasteiger partial charge >= 0.3 is 6.01 Å². The van der Waals surface area contributed by atoms with Crippen LogP contribution in [0, 0.1) is 27.7 Å². The highest BCUT2D eigenvalue weighted by atomic mass is 16.5. The summed E-state index contributed by atoms with van der Waals surface area (Å²) >= 11 is 0. The van der Waals surface area contributed by atoms with Gasteiger partial charge in [-0.15, -0.1) is 0 Å². The molecule has 182 valence electrons. The number of hydrogen-bond acceptors (Lipinski definition) is 6. The Morgan fingerprint density at radius 2 is 1.36 bits per heavy atom. The van der Waals surface area contributed by atoms with E-state index in [2.05, 4.69) is 9.97 Å². The number of para-hydroxylation sites is 1. The third kappa shape index (κ3) is 3.23. The van der Waals surface area contributed by atoms with Gasteiger partial charge in [0.2, 0.25) is 0 Å². The summed E-state index contributed by atoms with van der Waals surface area (Å²) in [6.07, 6.45) is 1.56. The fraction of sp³-hybridized carbons (Fsp3) is 0.207. The van der Waals surface area contributed by atoms with E-state index in [9.17, 15) is 15.0 Å². The minimum absolute atomic E-state index is 0.155. The van der Waals surface area contributed by atoms with E-state index in [-0.39, 0.29) is 23.4 Å². The Morgan fingerprint density at radius 3 is 1.89 bits per heavy atom. The topological polar surface area (TPSA) is 95.8 Å². The average molecular weight is 482 g/mol. The average Bonchev–Trinajstić information content (AvgIpc) is 3.14. The first-order chi connectivity index (χ1) is 17.2. The maximum atomic E-state index is 14.8. The summed E-state index contributed by atoms with van der Waals surface area (Å²) in [6, 6.07) is 16.9. The molecule has 2 heterocycles. The predicted octanol–water partition coefficient (Wildman–Crippen LogP) is 5.14. The lowest BCUT2D eigenvalue weighted by Crippen LogP contribution is -2.41. The summed E-state index contributed by atoms with van der Waals surface area (Å²) in [5.41, 5.74) is 4.35. The van der Waals surface area contributed by atoms with E-state index in [1.165, 1.54) is 7.11 Å². The number of rotatable bonds is 4. The number of ether oxygens (including phenoxy) is 1. The second kappa shape index (κ2) is 8.37. The molecule has 0 spiro atoms. The second-order valence-corrected chi connectivity index (χ2v) is 9.23. The fourth-order valence-corrected chi connectivity index (χ4v) is 5.23. The Labute approximate surface area is 209 Å². The van der Waals surface area contributed by atoms with E-state index < -0.39 is 5.41 Å². The smallest absolute Gasteiger partial charge is 0.318 e. The summed E-state index contributed by atoms with van der Waals surface area (Å²) in [6.45, 7) is 7.30. The van der Waals surface area contributed by atoms with Crippen LogP contribution < -0.4 is 9.64 Å². The molecule has 3 aromatic carbocycles. The molecule has 7 nitrogen and oxygen atoms in total. The van der Waals surface area contributed by atoms with Gasteiger partial charge in [0.25, 0.3) is 5.91 Å². The van der Waals surface area contributed by atoms with Crippen LogP contribution in [0.25, 0.3) is 0 Å². The van der Waals surface area contributed by atoms with Gasteiger partial charge in [0, 0.05) is 17.8 Å². The highest BCUT2D eigenvalue weighted by Gasteiger charge is 2.54. The normalized spacial score (nSPS) is 14.1. The maximum Gasteiger partial charge on any atom is 0.318 e. The van der Waals surface area contributed by atoms with Crippen molar-refractivity contribution in [1.29, 1.82) is 0 Å². The fourth-order valence-electron chi connectivity index (χ4n) is 5.23. The molecule has 7 heteroatoms. The molecular weight excluding hydrogens is 454 g/mol. The number of aromatic nitrogens is 2. The molecule has 0 saturated heterocycles. The molecule has 1 aromatic heterocycles. The maximum absolute atomic E-state index is 14.8. The van der Waals surface area contributed by atoms with Crippen LogP contribution in [0.4, 0.5) is 11.5 Å². The summed E-state index contributed by atoms with van der Waals surface area (Å²) in [5, 5.41) is 21.1. The summed E-state index contributed by atoms with van der Waals surface area (Å²) in [7, 11) is 1.48. The van der Waals surface area contributed by atoms with Crippen molar-refractivity contribution in [2.45, 2.75) is 33.1 Å². The van der Waals surface area contributed by atoms with Crippen LogP contribution in [-0.4, -0.2) is 33.2 Å². The van der Waals surface area contributed by atoms with Gasteiger partial charge in [0.1, 0.15) is 22.7 Å². The van der Waals surface area contributed by atoms with Gasteiger partial charge in [-0.2, -0.15) is 4.98 Å². The number of aryl methyl sites for hydroxylation is 4. The number of fused-ring (bicyclic) bond motifs is 1. The minimum atomic E-state index is -1.25. The Hall–Kier alpha value is -4.39. The lowest BCUT2D eigenvalue weighted by molar-refractivity contribution is -0.120. The number of benzene rings is 3. The third-order valence-corrected chi connectivity index (χ3v) is 6.95. The molecule has 1 aliphatic heterocycles. The molecule has 4 aromatic rings. The van der Waals surface area contributed by atoms with Gasteiger partial charge in [-0.1, -0.05) is 42.5 Å². The number of carbonyl (C=O) groups is 1. The Bertz CT molecular complexity index is 1430. The summed E-state index contributed by atoms with van der Waals surface area (Å²) in [4.78, 5) is 25.0. The monoisotopic (exact) mass is 481 g/mol. The zero-order valence-corrected chi connectivity index (χ0v) is 20.8. The number of phenols is 2. The number of methoxy groups -OCH3 is 1. The van der Waals surface area contributed by atoms with E-state index in [0.29, 0.717) is 33.8 Å². The highest BCUT2D eigenvalue weighted by molar-refractivity contribution is 6.16. The standard InChI is InChI=1S/C29H27N3O4/c1-16-12-20(13-17(2)25(16)33)29(21-14-18(3)26(34)19(4)15-21)22-8-6-7-9-23(22)32(27(29)35)24-10-11-30-28(31-24)36-5/h6-15,33-34H,1-5H3. The third-order valence-electron chi connectivity index (χ3n) is 6.95. The second-order valence-electron chi connectivity index (χ2n) is 9.23. The Kier molecular flexibility index (Phi) is 5.43. The van der Waals surface area contributed by atoms with Crippen LogP contribution in [0.15, 0.2) is 60.8 Å². The molecule has 0 aliphatic carbocycles. The molecule has 2 N–H and O–H groups in total. The molecule has 0 bridgehead atoms. The van der Waals surface area contributed by atoms with Crippen LogP contribution in [0.5, 0.6) is 17.5 Å². The van der Waals surface area contributed by atoms with Crippen molar-refractivity contribution in [3.8, 4) is 17.5 Å². The van der Waals surface area contributed by atoms with Crippen molar-refractivity contribution in [1.82, 2.24) is 9.97 Å². The Morgan fingerprint density at radius 1 is 0.833 bits per heavy atom. The number of anilines is 2. The van der Waals surface area contributed by atoms with Crippen LogP contribution >= 0.6 is 0 Å². The van der Waals surface area contributed by atoms with E-state index in [4.69, 9.17) is 4.74 Å². The van der Waals surface area contributed by atoms with Gasteiger partial charge in [0.05, 0.1) is 12.8 Å². The van der Waals surface area contributed by atoms with Crippen LogP contribution in [-0.2, 0) is 10.2 Å². The molecule has 36 heavy (non-hydrogen) atoms. The minimum Gasteiger partial charge on any atom is -0.507 e. The number of amides is 1. The van der Waals surface area contributed by atoms with Crippen molar-refractivity contribution in [3.05, 3.63) is 99.7 Å². The zero-order valence-electron chi connectivity index (χ0n) is 20.8. The number of carbonyl (C=O) groups excluding carboxylic acids is 1. The van der Waals surface area contributed by atoms with Crippen LogP contribution in [0.2, 0.25) is 0 Å². The van der Waals surface area contributed by atoms with Gasteiger partial charge in [-0.25, -0.2) is 4.98 Å². The molecule has 0 fully saturated rings. The van der Waals surface area contributed by atoms with Crippen molar-refractivity contribution in [2.24, 2.45) is 0 Å². The van der Waals surface area contributed by atoms with E-state index in [1.54, 1.807) is 17.2 Å². The molecule has 1 aliphatic rings. The lowest BCUT2D eigenvalue weighted by atomic mass is 9.69. The summed E-state index contributed by atoms with van der Waals surface area (Å²) in [5.74, 6) is 0.560. The largest absolute Gasteiger partial charge is 0.507 e. The quantitative estimate of drug-likeness (QED) is 0.419. The van der Waals surface area contributed by atoms with Crippen LogP contribution in [0.1, 0.15) is 38.9 Å². The molecule has 5 rings (SSSR count). The van der Waals surface area contributed by atoms with Gasteiger partial charge in [-0.3, -0.25) is 9.69 Å². The Balaban J connectivity index is 1.91. The zero-order chi connectivity index (χ0) is 25.8. The number of phenolic OH excluding ortho intramolecular Hbond substituents is 2. The number of aromatic hydroxyl groups is 2. The lowest BCUT2D eigenvalue weighted by Gasteiger charge is -2.32. The van der Waals surface area contributed by atoms with E-state index >= 15 is 0 Å². The molecule has 0 saturated carbocycles. The van der Waals surface area contributed by atoms with E-state index in [1.807, 2.05) is 76.2 Å². The van der Waals surface area contributed by atoms with Crippen molar-refractivity contribution < 1.29 is 19.7 Å². The SMILES string of the molecule is COc1nccc(N2C(=O)C(c3cc(C)c(O)c(C)c3)(c3cc(C)c(O)c(C)c3)c3ccccc32)n1. The molecule has 0 unspecified atom stereocenters. The first kappa shape index (κ1) is 23.4. The first-order valence-electron chi connectivity index (χ1n) is 11.6. The highest BCUT2D eigenvalue weighted by Crippen LogP contribution is 2.53. The number of nitrogens with zero attached hydrogens (tertiary/aromatic N) is 3. The van der Waals surface area contributed by atoms with E-state index in [0.717, 1.165) is 16.7 Å². The number of hydrogen-bond donors (Lipinski definition) is 2. The molecular formula is C29H27N3O4. The van der Waals surface area contributed by atoms with Crippen LogP contribution in [0.3, 0.4) is 0 Å². The predicted molar refractivity (Wildman–Crippen MR) is 137 cm³/mol.